The molecule has 2 heterocycles. The number of carbonyl (C=O) groups is 1. The van der Waals surface area contributed by atoms with E-state index in [0.29, 0.717) is 12.3 Å². The lowest BCUT2D eigenvalue weighted by atomic mass is 9.85. The predicted octanol–water partition coefficient (Wildman–Crippen LogP) is 3.61. The molecule has 1 amide bonds. The molecule has 4 rings (SSSR count). The van der Waals surface area contributed by atoms with Crippen LogP contribution in [0.4, 0.5) is 4.39 Å². The number of ether oxygens (including phenoxy) is 1. The maximum atomic E-state index is 13.0. The van der Waals surface area contributed by atoms with Crippen LogP contribution in [0.15, 0.2) is 36.7 Å². The smallest absolute Gasteiger partial charge is 0.260 e. The van der Waals surface area contributed by atoms with Gasteiger partial charge in [0, 0.05) is 37.9 Å². The van der Waals surface area contributed by atoms with Gasteiger partial charge in [-0.1, -0.05) is 6.42 Å². The van der Waals surface area contributed by atoms with Gasteiger partial charge in [0.15, 0.2) is 6.61 Å². The van der Waals surface area contributed by atoms with Gasteiger partial charge in [-0.25, -0.2) is 9.37 Å². The van der Waals surface area contributed by atoms with Crippen LogP contribution in [0.3, 0.4) is 0 Å². The van der Waals surface area contributed by atoms with Crippen molar-refractivity contribution in [2.24, 2.45) is 5.92 Å². The third-order valence-electron chi connectivity index (χ3n) is 5.74. The van der Waals surface area contributed by atoms with Gasteiger partial charge in [0.1, 0.15) is 17.4 Å². The molecular formula is C21H26FN3O2. The molecule has 5 nitrogen and oxygen atoms in total. The second kappa shape index (κ2) is 8.11. The minimum absolute atomic E-state index is 0.0190. The predicted molar refractivity (Wildman–Crippen MR) is 100 cm³/mol. The quantitative estimate of drug-likeness (QED) is 0.779. The Morgan fingerprint density at radius 3 is 2.74 bits per heavy atom. The van der Waals surface area contributed by atoms with Crippen LogP contribution in [0.5, 0.6) is 5.75 Å². The van der Waals surface area contributed by atoms with Gasteiger partial charge in [0.05, 0.1) is 0 Å². The van der Waals surface area contributed by atoms with E-state index in [9.17, 15) is 9.18 Å². The van der Waals surface area contributed by atoms with Gasteiger partial charge in [0.25, 0.3) is 5.91 Å². The summed E-state index contributed by atoms with van der Waals surface area (Å²) in [6.45, 7) is 2.47. The highest BCUT2D eigenvalue weighted by molar-refractivity contribution is 5.78. The summed E-state index contributed by atoms with van der Waals surface area (Å²) in [7, 11) is 0. The van der Waals surface area contributed by atoms with E-state index in [-0.39, 0.29) is 24.2 Å². The van der Waals surface area contributed by atoms with Crippen LogP contribution in [-0.4, -0.2) is 40.1 Å². The van der Waals surface area contributed by atoms with Crippen molar-refractivity contribution in [1.82, 2.24) is 14.5 Å². The van der Waals surface area contributed by atoms with Crippen molar-refractivity contribution >= 4 is 5.91 Å². The largest absolute Gasteiger partial charge is 0.484 e. The van der Waals surface area contributed by atoms with Crippen LogP contribution in [0.2, 0.25) is 0 Å². The Balaban J connectivity index is 1.34. The Morgan fingerprint density at radius 1 is 1.19 bits per heavy atom. The number of carbonyl (C=O) groups excluding carboxylic acids is 1. The Kier molecular flexibility index (Phi) is 5.41. The van der Waals surface area contributed by atoms with Crippen molar-refractivity contribution in [2.45, 2.75) is 44.6 Å². The lowest BCUT2D eigenvalue weighted by Crippen LogP contribution is -2.42. The van der Waals surface area contributed by atoms with Crippen molar-refractivity contribution in [3.8, 4) is 5.75 Å². The summed E-state index contributed by atoms with van der Waals surface area (Å²) in [4.78, 5) is 19.1. The number of nitrogens with zero attached hydrogens (tertiary/aromatic N) is 3. The number of imidazole rings is 1. The van der Waals surface area contributed by atoms with Gasteiger partial charge >= 0.3 is 0 Å². The number of hydrogen-bond acceptors (Lipinski definition) is 3. The summed E-state index contributed by atoms with van der Waals surface area (Å²) in [5, 5.41) is 0. The number of likely N-dealkylation sites (tertiary alicyclic amines) is 1. The molecule has 2 fully saturated rings. The van der Waals surface area contributed by atoms with Crippen LogP contribution in [-0.2, 0) is 11.3 Å². The van der Waals surface area contributed by atoms with E-state index < -0.39 is 0 Å². The first-order valence-corrected chi connectivity index (χ1v) is 9.86. The average molecular weight is 371 g/mol. The average Bonchev–Trinajstić information content (AvgIpc) is 3.12. The van der Waals surface area contributed by atoms with Crippen molar-refractivity contribution in [3.63, 3.8) is 0 Å². The fourth-order valence-electron chi connectivity index (χ4n) is 3.97. The van der Waals surface area contributed by atoms with Crippen LogP contribution >= 0.6 is 0 Å². The van der Waals surface area contributed by atoms with Crippen molar-refractivity contribution in [1.29, 1.82) is 0 Å². The third kappa shape index (κ3) is 4.31. The van der Waals surface area contributed by atoms with Crippen molar-refractivity contribution in [2.75, 3.05) is 19.7 Å². The highest BCUT2D eigenvalue weighted by Crippen LogP contribution is 2.31. The zero-order chi connectivity index (χ0) is 18.6. The second-order valence-electron chi connectivity index (χ2n) is 7.66. The van der Waals surface area contributed by atoms with Crippen LogP contribution < -0.4 is 4.74 Å². The fraction of sp³-hybridized carbons (Fsp3) is 0.524. The number of halogens is 1. The minimum atomic E-state index is -0.315. The Labute approximate surface area is 159 Å². The number of aromatic nitrogens is 2. The van der Waals surface area contributed by atoms with Crippen LogP contribution in [0.25, 0.3) is 0 Å². The van der Waals surface area contributed by atoms with Gasteiger partial charge < -0.3 is 14.2 Å². The lowest BCUT2D eigenvalue weighted by molar-refractivity contribution is -0.134. The van der Waals surface area contributed by atoms with E-state index >= 15 is 0 Å². The molecule has 144 valence electrons. The Bertz CT molecular complexity index is 770. The van der Waals surface area contributed by atoms with E-state index in [4.69, 9.17) is 4.74 Å². The van der Waals surface area contributed by atoms with E-state index in [1.54, 1.807) is 12.1 Å². The van der Waals surface area contributed by atoms with Crippen molar-refractivity contribution in [3.05, 3.63) is 48.3 Å². The Morgan fingerprint density at radius 2 is 2.00 bits per heavy atom. The van der Waals surface area contributed by atoms with E-state index in [0.717, 1.165) is 37.7 Å². The molecule has 0 bridgehead atoms. The van der Waals surface area contributed by atoms with E-state index in [1.165, 1.54) is 31.4 Å². The topological polar surface area (TPSA) is 47.4 Å². The molecule has 1 atom stereocenters. The normalized spacial score (nSPS) is 20.3. The van der Waals surface area contributed by atoms with Crippen LogP contribution in [0.1, 0.15) is 43.8 Å². The molecule has 1 saturated carbocycles. The SMILES string of the molecule is O=C(COc1ccc(F)cc1)N1CCC[C@H](c2nccn2CC2CCC2)C1. The molecule has 2 aromatic rings. The summed E-state index contributed by atoms with van der Waals surface area (Å²) in [6, 6.07) is 5.75. The van der Waals surface area contributed by atoms with Crippen molar-refractivity contribution < 1.29 is 13.9 Å². The van der Waals surface area contributed by atoms with Crippen LogP contribution in [0, 0.1) is 11.7 Å². The summed E-state index contributed by atoms with van der Waals surface area (Å²) >= 11 is 0. The maximum absolute atomic E-state index is 13.0. The molecule has 2 aliphatic rings. The number of rotatable bonds is 6. The van der Waals surface area contributed by atoms with Gasteiger partial charge in [-0.2, -0.15) is 0 Å². The zero-order valence-electron chi connectivity index (χ0n) is 15.5. The Hall–Kier alpha value is -2.37. The second-order valence-corrected chi connectivity index (χ2v) is 7.66. The molecule has 6 heteroatoms. The van der Waals surface area contributed by atoms with E-state index in [2.05, 4.69) is 15.7 Å². The highest BCUT2D eigenvalue weighted by atomic mass is 19.1. The first kappa shape index (κ1) is 18.0. The standard InChI is InChI=1S/C21H26FN3O2/c22-18-6-8-19(9-7-18)27-15-20(26)24-11-2-5-17(14-24)21-23-10-12-25(21)13-16-3-1-4-16/h6-10,12,16-17H,1-5,11,13-15H2/t17-/m0/s1. The molecule has 1 aromatic carbocycles. The maximum Gasteiger partial charge on any atom is 0.260 e. The van der Waals surface area contributed by atoms with Gasteiger partial charge in [-0.3, -0.25) is 4.79 Å². The van der Waals surface area contributed by atoms with Gasteiger partial charge in [-0.05, 0) is 55.9 Å². The molecule has 0 radical (unpaired) electrons. The highest BCUT2D eigenvalue weighted by Gasteiger charge is 2.28. The lowest BCUT2D eigenvalue weighted by Gasteiger charge is -2.33. The molecule has 1 aliphatic carbocycles. The molecular weight excluding hydrogens is 345 g/mol. The third-order valence-corrected chi connectivity index (χ3v) is 5.74. The molecule has 1 aliphatic heterocycles. The first-order valence-electron chi connectivity index (χ1n) is 9.86. The number of piperidine rings is 1. The summed E-state index contributed by atoms with van der Waals surface area (Å²) in [5.74, 6) is 2.34. The molecule has 1 saturated heterocycles. The molecule has 0 spiro atoms. The summed E-state index contributed by atoms with van der Waals surface area (Å²) in [5.41, 5.74) is 0. The summed E-state index contributed by atoms with van der Waals surface area (Å²) in [6.07, 6.45) is 9.96. The minimum Gasteiger partial charge on any atom is -0.484 e. The molecule has 1 aromatic heterocycles. The number of hydrogen-bond donors (Lipinski definition) is 0. The first-order chi connectivity index (χ1) is 13.2. The monoisotopic (exact) mass is 371 g/mol. The van der Waals surface area contributed by atoms with Gasteiger partial charge in [0.2, 0.25) is 0 Å². The summed E-state index contributed by atoms with van der Waals surface area (Å²) < 4.78 is 20.8. The van der Waals surface area contributed by atoms with Gasteiger partial charge in [-0.15, -0.1) is 0 Å². The molecule has 0 N–H and O–H groups in total. The molecule has 0 unspecified atom stereocenters. The number of benzene rings is 1. The fourth-order valence-corrected chi connectivity index (χ4v) is 3.97. The van der Waals surface area contributed by atoms with E-state index in [1.807, 2.05) is 11.1 Å². The molecule has 27 heavy (non-hydrogen) atoms. The zero-order valence-corrected chi connectivity index (χ0v) is 15.5. The number of amides is 1.